The topological polar surface area (TPSA) is 169 Å². The predicted molar refractivity (Wildman–Crippen MR) is 158 cm³/mol. The summed E-state index contributed by atoms with van der Waals surface area (Å²) in [6.45, 7) is 5.31. The summed E-state index contributed by atoms with van der Waals surface area (Å²) >= 11 is 0. The minimum atomic E-state index is -1.41. The van der Waals surface area contributed by atoms with Gasteiger partial charge in [-0.05, 0) is 57.2 Å². The lowest BCUT2D eigenvalue weighted by Crippen LogP contribution is -2.56. The van der Waals surface area contributed by atoms with E-state index in [4.69, 9.17) is 4.74 Å². The minimum Gasteiger partial charge on any atom is -0.479 e. The Balaban J connectivity index is 1.41. The molecule has 5 atom stereocenters. The predicted octanol–water partition coefficient (Wildman–Crippen LogP) is 2.78. The molecule has 1 aromatic carbocycles. The van der Waals surface area contributed by atoms with Crippen molar-refractivity contribution in [2.75, 3.05) is 6.54 Å². The number of aromatic nitrogens is 4. The van der Waals surface area contributed by atoms with E-state index < -0.39 is 53.1 Å². The molecule has 0 radical (unpaired) electrons. The highest BCUT2D eigenvalue weighted by Crippen LogP contribution is 2.45. The van der Waals surface area contributed by atoms with E-state index in [0.717, 1.165) is 24.8 Å². The number of allylic oxidation sites excluding steroid dienone is 1. The Bertz CT molecular complexity index is 1400. The highest BCUT2D eigenvalue weighted by atomic mass is 16.6. The van der Waals surface area contributed by atoms with Gasteiger partial charge in [0, 0.05) is 25.3 Å². The van der Waals surface area contributed by atoms with Crippen LogP contribution in [0.15, 0.2) is 42.5 Å². The molecule has 1 aromatic heterocycles. The van der Waals surface area contributed by atoms with Gasteiger partial charge in [0.25, 0.3) is 0 Å². The number of nitrogens with zero attached hydrogens (tertiary/aromatic N) is 5. The van der Waals surface area contributed by atoms with E-state index in [2.05, 4.69) is 26.0 Å². The molecule has 5 rings (SSSR count). The van der Waals surface area contributed by atoms with Crippen molar-refractivity contribution in [1.29, 1.82) is 0 Å². The summed E-state index contributed by atoms with van der Waals surface area (Å²) in [6.07, 6.45) is 7.48. The number of alkyl carbamates (subject to hydrolysis) is 1. The maximum absolute atomic E-state index is 14.1. The highest BCUT2D eigenvalue weighted by molar-refractivity contribution is 5.96. The van der Waals surface area contributed by atoms with Crippen LogP contribution in [0.5, 0.6) is 0 Å². The molecule has 0 unspecified atom stereocenters. The number of hydrogen-bond acceptors (Lipinski definition) is 8. The molecule has 13 nitrogen and oxygen atoms in total. The second-order valence-electron chi connectivity index (χ2n) is 12.9. The van der Waals surface area contributed by atoms with Gasteiger partial charge in [0.1, 0.15) is 23.2 Å². The van der Waals surface area contributed by atoms with Crippen LogP contribution in [-0.2, 0) is 25.5 Å². The molecular weight excluding hydrogens is 566 g/mol. The monoisotopic (exact) mass is 607 g/mol. The number of carboxylic acids is 1. The van der Waals surface area contributed by atoms with E-state index in [1.54, 1.807) is 20.8 Å². The van der Waals surface area contributed by atoms with Gasteiger partial charge in [0.05, 0.1) is 6.04 Å². The molecule has 3 heterocycles. The molecule has 1 saturated heterocycles. The summed E-state index contributed by atoms with van der Waals surface area (Å²) in [5.41, 5.74) is -1.16. The average Bonchev–Trinajstić information content (AvgIpc) is 3.27. The summed E-state index contributed by atoms with van der Waals surface area (Å²) in [4.78, 5) is 55.8. The number of aliphatic carboxylic acids is 1. The van der Waals surface area contributed by atoms with Crippen molar-refractivity contribution in [3.8, 4) is 0 Å². The molecule has 3 N–H and O–H groups in total. The Labute approximate surface area is 256 Å². The number of ether oxygens (including phenoxy) is 1. The lowest BCUT2D eigenvalue weighted by Gasteiger charge is -2.30. The summed E-state index contributed by atoms with van der Waals surface area (Å²) < 4.78 is 5.44. The number of nitrogens with one attached hydrogen (secondary N) is 2. The lowest BCUT2D eigenvalue weighted by atomic mass is 10.0. The maximum atomic E-state index is 14.1. The van der Waals surface area contributed by atoms with Crippen molar-refractivity contribution >= 4 is 23.9 Å². The van der Waals surface area contributed by atoms with Gasteiger partial charge in [-0.1, -0.05) is 55.3 Å². The second-order valence-corrected chi connectivity index (χ2v) is 12.9. The third-order valence-corrected chi connectivity index (χ3v) is 8.33. The third kappa shape index (κ3) is 7.25. The number of carboxylic acid groups (broad SMARTS) is 1. The van der Waals surface area contributed by atoms with Gasteiger partial charge < -0.3 is 25.4 Å². The van der Waals surface area contributed by atoms with Crippen LogP contribution in [0.3, 0.4) is 0 Å². The zero-order chi connectivity index (χ0) is 31.5. The van der Waals surface area contributed by atoms with Gasteiger partial charge in [0.15, 0.2) is 5.82 Å². The summed E-state index contributed by atoms with van der Waals surface area (Å²) in [5, 5.41) is 28.5. The van der Waals surface area contributed by atoms with Gasteiger partial charge in [0.2, 0.25) is 11.8 Å². The lowest BCUT2D eigenvalue weighted by molar-refractivity contribution is -0.145. The number of benzene rings is 1. The van der Waals surface area contributed by atoms with Crippen molar-refractivity contribution in [3.63, 3.8) is 0 Å². The van der Waals surface area contributed by atoms with Crippen LogP contribution in [0.1, 0.15) is 83.1 Å². The first-order valence-corrected chi connectivity index (χ1v) is 15.3. The Morgan fingerprint density at radius 1 is 1.16 bits per heavy atom. The standard InChI is InChI=1S/C31H41N7O6/c1-30(2,3)44-29(43)32-23-15-11-6-4-5-10-14-21-18-31(21,28(41)42)33-26(39)24-17-22(19-37(24)27(23)40)38-35-25(34-36-38)16-20-12-8-7-9-13-20/h7-10,12-14,21-24H,4-6,11,15-19H2,1-3H3,(H,32,43)(H,33,39)(H,41,42)/b14-10-/t21-,22+,23+,24+,31+/m1/s1. The van der Waals surface area contributed by atoms with Gasteiger partial charge in [-0.3, -0.25) is 9.59 Å². The molecule has 2 aliphatic heterocycles. The van der Waals surface area contributed by atoms with Crippen LogP contribution in [-0.4, -0.2) is 83.9 Å². The summed E-state index contributed by atoms with van der Waals surface area (Å²) in [7, 11) is 0. The molecule has 0 bridgehead atoms. The number of rotatable bonds is 5. The second kappa shape index (κ2) is 12.7. The van der Waals surface area contributed by atoms with E-state index in [9.17, 15) is 24.3 Å². The van der Waals surface area contributed by atoms with Crippen LogP contribution in [0.2, 0.25) is 0 Å². The first-order valence-electron chi connectivity index (χ1n) is 15.3. The molecule has 13 heteroatoms. The SMILES string of the molecule is CC(C)(C)OC(=O)N[C@H]1CCCCC/C=C\[C@@H]2C[C@]2(C(=O)O)NC(=O)[C@@H]2C[C@H](n3nnc(Cc4ccccc4)n3)CN2C1=O. The molecule has 3 amide bonds. The highest BCUT2D eigenvalue weighted by Gasteiger charge is 2.61. The Kier molecular flexibility index (Phi) is 9.02. The van der Waals surface area contributed by atoms with Gasteiger partial charge >= 0.3 is 12.1 Å². The van der Waals surface area contributed by atoms with Crippen LogP contribution >= 0.6 is 0 Å². The fraction of sp³-hybridized carbons (Fsp3) is 0.581. The van der Waals surface area contributed by atoms with Crippen LogP contribution in [0.25, 0.3) is 0 Å². The first-order chi connectivity index (χ1) is 20.9. The Morgan fingerprint density at radius 2 is 1.93 bits per heavy atom. The average molecular weight is 608 g/mol. The number of carbonyl (C=O) groups is 4. The molecule has 1 saturated carbocycles. The fourth-order valence-electron chi connectivity index (χ4n) is 5.95. The largest absolute Gasteiger partial charge is 0.479 e. The summed E-state index contributed by atoms with van der Waals surface area (Å²) in [5.74, 6) is -1.93. The van der Waals surface area contributed by atoms with E-state index in [1.165, 1.54) is 9.70 Å². The number of carbonyl (C=O) groups excluding carboxylic acids is 3. The molecule has 236 valence electrons. The molecular formula is C31H41N7O6. The van der Waals surface area contributed by atoms with Crippen molar-refractivity contribution in [2.24, 2.45) is 5.92 Å². The normalized spacial score (nSPS) is 28.5. The molecule has 3 aliphatic rings. The van der Waals surface area contributed by atoms with E-state index in [-0.39, 0.29) is 25.3 Å². The number of fused-ring (bicyclic) bond motifs is 2. The smallest absolute Gasteiger partial charge is 0.408 e. The Morgan fingerprint density at radius 3 is 2.66 bits per heavy atom. The van der Waals surface area contributed by atoms with Gasteiger partial charge in [-0.15, -0.1) is 10.2 Å². The number of tetrazole rings is 1. The van der Waals surface area contributed by atoms with Crippen molar-refractivity contribution < 1.29 is 29.0 Å². The summed E-state index contributed by atoms with van der Waals surface area (Å²) in [6, 6.07) is 7.30. The van der Waals surface area contributed by atoms with Gasteiger partial charge in [-0.2, -0.15) is 4.80 Å². The van der Waals surface area contributed by atoms with Crippen LogP contribution < -0.4 is 10.6 Å². The van der Waals surface area contributed by atoms with Crippen LogP contribution in [0, 0.1) is 5.92 Å². The number of amides is 3. The van der Waals surface area contributed by atoms with Gasteiger partial charge in [-0.25, -0.2) is 9.59 Å². The van der Waals surface area contributed by atoms with E-state index in [0.29, 0.717) is 25.1 Å². The third-order valence-electron chi connectivity index (χ3n) is 8.33. The Hall–Kier alpha value is -4.29. The minimum absolute atomic E-state index is 0.0912. The quantitative estimate of drug-likeness (QED) is 0.433. The zero-order valence-corrected chi connectivity index (χ0v) is 25.4. The molecule has 44 heavy (non-hydrogen) atoms. The van der Waals surface area contributed by atoms with E-state index >= 15 is 0 Å². The van der Waals surface area contributed by atoms with Crippen molar-refractivity contribution in [3.05, 3.63) is 53.9 Å². The molecule has 1 aliphatic carbocycles. The fourth-order valence-corrected chi connectivity index (χ4v) is 5.95. The molecule has 2 aromatic rings. The van der Waals surface area contributed by atoms with E-state index in [1.807, 2.05) is 42.5 Å². The van der Waals surface area contributed by atoms with Crippen molar-refractivity contribution in [1.82, 2.24) is 35.7 Å². The van der Waals surface area contributed by atoms with Crippen LogP contribution in [0.4, 0.5) is 4.79 Å². The van der Waals surface area contributed by atoms with Crippen molar-refractivity contribution in [2.45, 2.75) is 101 Å². The zero-order valence-electron chi connectivity index (χ0n) is 25.4. The first kappa shape index (κ1) is 31.1. The molecule has 2 fully saturated rings. The number of hydrogen-bond donors (Lipinski definition) is 3. The molecule has 0 spiro atoms. The maximum Gasteiger partial charge on any atom is 0.408 e.